The maximum absolute atomic E-state index is 12.1. The first-order valence-electron chi connectivity index (χ1n) is 6.49. The molecule has 2 aromatic carbocycles. The van der Waals surface area contributed by atoms with Gasteiger partial charge in [0.25, 0.3) is 5.91 Å². The lowest BCUT2D eigenvalue weighted by Gasteiger charge is -2.06. The van der Waals surface area contributed by atoms with Crippen LogP contribution in [0, 0.1) is 0 Å². The number of imidazole rings is 1. The lowest BCUT2D eigenvalue weighted by Crippen LogP contribution is -2.14. The molecule has 8 nitrogen and oxygen atoms in total. The zero-order valence-electron chi connectivity index (χ0n) is 11.7. The molecule has 0 aliphatic rings. The maximum Gasteiger partial charge on any atom is 0.323 e. The van der Waals surface area contributed by atoms with Crippen LogP contribution >= 0.6 is 0 Å². The van der Waals surface area contributed by atoms with E-state index >= 15 is 0 Å². The zero-order valence-corrected chi connectivity index (χ0v) is 12.5. The van der Waals surface area contributed by atoms with Crippen molar-refractivity contribution < 1.29 is 13.2 Å². The summed E-state index contributed by atoms with van der Waals surface area (Å²) in [4.78, 5) is 28.5. The van der Waals surface area contributed by atoms with Crippen LogP contribution in [0.25, 0.3) is 11.0 Å². The monoisotopic (exact) mass is 332 g/mol. The third-order valence-electron chi connectivity index (χ3n) is 3.22. The average molecular weight is 332 g/mol. The Morgan fingerprint density at radius 1 is 1.00 bits per heavy atom. The fourth-order valence-electron chi connectivity index (χ4n) is 2.11. The molecule has 0 saturated carbocycles. The number of hydrogen-bond acceptors (Lipinski definition) is 4. The summed E-state index contributed by atoms with van der Waals surface area (Å²) in [5.74, 6) is -0.414. The predicted molar refractivity (Wildman–Crippen MR) is 84.7 cm³/mol. The van der Waals surface area contributed by atoms with Crippen molar-refractivity contribution in [2.24, 2.45) is 5.14 Å². The minimum absolute atomic E-state index is 0.0691. The number of carbonyl (C=O) groups is 1. The number of nitrogens with one attached hydrogen (secondary N) is 3. The summed E-state index contributed by atoms with van der Waals surface area (Å²) in [5.41, 5.74) is 1.64. The normalized spacial score (nSPS) is 11.5. The Morgan fingerprint density at radius 3 is 2.30 bits per heavy atom. The van der Waals surface area contributed by atoms with E-state index < -0.39 is 15.9 Å². The number of primary sulfonamides is 1. The van der Waals surface area contributed by atoms with Crippen LogP contribution in [0.4, 0.5) is 5.69 Å². The number of amides is 1. The highest BCUT2D eigenvalue weighted by atomic mass is 32.2. The Balaban J connectivity index is 1.83. The number of hydrogen-bond donors (Lipinski definition) is 4. The third kappa shape index (κ3) is 3.15. The van der Waals surface area contributed by atoms with Gasteiger partial charge in [-0.25, -0.2) is 18.4 Å². The van der Waals surface area contributed by atoms with E-state index in [0.29, 0.717) is 16.7 Å². The summed E-state index contributed by atoms with van der Waals surface area (Å²) in [5, 5.41) is 7.66. The van der Waals surface area contributed by atoms with Gasteiger partial charge in [-0.1, -0.05) is 0 Å². The lowest BCUT2D eigenvalue weighted by molar-refractivity contribution is 0.102. The van der Waals surface area contributed by atoms with Crippen LogP contribution in [-0.4, -0.2) is 24.3 Å². The fourth-order valence-corrected chi connectivity index (χ4v) is 2.62. The first-order valence-corrected chi connectivity index (χ1v) is 8.04. The molecule has 5 N–H and O–H groups in total. The summed E-state index contributed by atoms with van der Waals surface area (Å²) in [7, 11) is -3.80. The van der Waals surface area contributed by atoms with E-state index in [1.807, 2.05) is 0 Å². The maximum atomic E-state index is 12.1. The minimum Gasteiger partial charge on any atom is -0.322 e. The van der Waals surface area contributed by atoms with E-state index in [1.165, 1.54) is 24.3 Å². The van der Waals surface area contributed by atoms with Crippen molar-refractivity contribution in [2.75, 3.05) is 5.32 Å². The smallest absolute Gasteiger partial charge is 0.322 e. The molecule has 1 amide bonds. The SMILES string of the molecule is NS(=O)(=O)c1ccc(C(=O)Nc2ccc3[nH]c(=O)[nH]c3c2)cc1. The Kier molecular flexibility index (Phi) is 3.51. The second kappa shape index (κ2) is 5.38. The summed E-state index contributed by atoms with van der Waals surface area (Å²) in [6, 6.07) is 10.2. The van der Waals surface area contributed by atoms with Crippen LogP contribution in [0.2, 0.25) is 0 Å². The van der Waals surface area contributed by atoms with E-state index in [9.17, 15) is 18.0 Å². The highest BCUT2D eigenvalue weighted by molar-refractivity contribution is 7.89. The van der Waals surface area contributed by atoms with Gasteiger partial charge in [0, 0.05) is 11.3 Å². The Hall–Kier alpha value is -2.91. The molecule has 0 saturated heterocycles. The Labute approximate surface area is 130 Å². The molecule has 0 unspecified atom stereocenters. The van der Waals surface area contributed by atoms with Gasteiger partial charge < -0.3 is 15.3 Å². The van der Waals surface area contributed by atoms with Crippen molar-refractivity contribution in [3.63, 3.8) is 0 Å². The second-order valence-electron chi connectivity index (χ2n) is 4.86. The molecule has 0 spiro atoms. The molecule has 0 fully saturated rings. The van der Waals surface area contributed by atoms with Gasteiger partial charge in [-0.3, -0.25) is 4.79 Å². The van der Waals surface area contributed by atoms with Crippen LogP contribution < -0.4 is 16.1 Å². The Morgan fingerprint density at radius 2 is 1.65 bits per heavy atom. The molecule has 0 bridgehead atoms. The quantitative estimate of drug-likeness (QED) is 0.562. The molecule has 3 aromatic rings. The van der Waals surface area contributed by atoms with E-state index in [4.69, 9.17) is 5.14 Å². The molecule has 0 atom stereocenters. The summed E-state index contributed by atoms with van der Waals surface area (Å²) in [6.07, 6.45) is 0. The summed E-state index contributed by atoms with van der Waals surface area (Å²) in [6.45, 7) is 0. The molecule has 1 aromatic heterocycles. The van der Waals surface area contributed by atoms with Gasteiger partial charge in [0.15, 0.2) is 0 Å². The molecular formula is C14H12N4O4S. The molecular weight excluding hydrogens is 320 g/mol. The molecule has 1 heterocycles. The van der Waals surface area contributed by atoms with Crippen LogP contribution in [-0.2, 0) is 10.0 Å². The summed E-state index contributed by atoms with van der Waals surface area (Å²) >= 11 is 0. The number of benzene rings is 2. The highest BCUT2D eigenvalue weighted by Gasteiger charge is 2.11. The number of fused-ring (bicyclic) bond motifs is 1. The first-order chi connectivity index (χ1) is 10.8. The van der Waals surface area contributed by atoms with Gasteiger partial charge in [-0.2, -0.15) is 0 Å². The molecule has 0 aliphatic carbocycles. The van der Waals surface area contributed by atoms with Crippen molar-refractivity contribution in [1.82, 2.24) is 9.97 Å². The molecule has 0 aliphatic heterocycles. The third-order valence-corrected chi connectivity index (χ3v) is 4.15. The number of aromatic amines is 2. The number of anilines is 1. The van der Waals surface area contributed by atoms with E-state index in [-0.39, 0.29) is 16.1 Å². The average Bonchev–Trinajstić information content (AvgIpc) is 2.86. The van der Waals surface area contributed by atoms with Crippen molar-refractivity contribution >= 4 is 32.7 Å². The van der Waals surface area contributed by atoms with Gasteiger partial charge in [-0.15, -0.1) is 0 Å². The van der Waals surface area contributed by atoms with Crippen LogP contribution in [0.1, 0.15) is 10.4 Å². The number of aromatic nitrogens is 2. The van der Waals surface area contributed by atoms with E-state index in [2.05, 4.69) is 15.3 Å². The van der Waals surface area contributed by atoms with Crippen LogP contribution in [0.3, 0.4) is 0 Å². The number of nitrogens with two attached hydrogens (primary N) is 1. The van der Waals surface area contributed by atoms with Gasteiger partial charge in [-0.05, 0) is 42.5 Å². The van der Waals surface area contributed by atoms with Gasteiger partial charge in [0.2, 0.25) is 10.0 Å². The van der Waals surface area contributed by atoms with E-state index in [0.717, 1.165) is 0 Å². The van der Waals surface area contributed by atoms with Crippen molar-refractivity contribution in [3.8, 4) is 0 Å². The number of H-pyrrole nitrogens is 2. The van der Waals surface area contributed by atoms with Crippen LogP contribution in [0.5, 0.6) is 0 Å². The molecule has 3 rings (SSSR count). The van der Waals surface area contributed by atoms with Crippen molar-refractivity contribution in [1.29, 1.82) is 0 Å². The van der Waals surface area contributed by atoms with Crippen molar-refractivity contribution in [2.45, 2.75) is 4.90 Å². The molecule has 118 valence electrons. The first kappa shape index (κ1) is 15.0. The zero-order chi connectivity index (χ0) is 16.6. The number of carbonyl (C=O) groups excluding carboxylic acids is 1. The molecule has 23 heavy (non-hydrogen) atoms. The standard InChI is InChI=1S/C14H12N4O4S/c15-23(21,22)10-4-1-8(2-5-10)13(19)16-9-3-6-11-12(7-9)18-14(20)17-11/h1-7H,(H,16,19)(H2,15,21,22)(H2,17,18,20). The largest absolute Gasteiger partial charge is 0.323 e. The number of rotatable bonds is 3. The topological polar surface area (TPSA) is 138 Å². The van der Waals surface area contributed by atoms with Crippen molar-refractivity contribution in [3.05, 3.63) is 58.5 Å². The van der Waals surface area contributed by atoms with Gasteiger partial charge in [0.1, 0.15) is 0 Å². The number of sulfonamides is 1. The Bertz CT molecular complexity index is 1050. The van der Waals surface area contributed by atoms with Crippen LogP contribution in [0.15, 0.2) is 52.2 Å². The minimum atomic E-state index is -3.80. The summed E-state index contributed by atoms with van der Waals surface area (Å²) < 4.78 is 22.4. The fraction of sp³-hybridized carbons (Fsp3) is 0. The highest BCUT2D eigenvalue weighted by Crippen LogP contribution is 2.16. The van der Waals surface area contributed by atoms with E-state index in [1.54, 1.807) is 18.2 Å². The predicted octanol–water partition coefficient (Wildman–Crippen LogP) is 0.756. The van der Waals surface area contributed by atoms with Gasteiger partial charge in [0.05, 0.1) is 15.9 Å². The molecule has 0 radical (unpaired) electrons. The second-order valence-corrected chi connectivity index (χ2v) is 6.42. The van der Waals surface area contributed by atoms with Gasteiger partial charge >= 0.3 is 5.69 Å². The molecule has 9 heteroatoms. The lowest BCUT2D eigenvalue weighted by atomic mass is 10.2.